The van der Waals surface area contributed by atoms with Gasteiger partial charge in [0, 0.05) is 32.1 Å². The van der Waals surface area contributed by atoms with E-state index in [-0.39, 0.29) is 48.5 Å². The Hall–Kier alpha value is -1.34. The van der Waals surface area contributed by atoms with Gasteiger partial charge in [0.2, 0.25) is 17.7 Å². The first kappa shape index (κ1) is 23.7. The fourth-order valence-electron chi connectivity index (χ4n) is 2.86. The highest BCUT2D eigenvalue weighted by Gasteiger charge is 2.29. The Morgan fingerprint density at radius 2 is 1.68 bits per heavy atom. The van der Waals surface area contributed by atoms with Crippen molar-refractivity contribution in [2.75, 3.05) is 32.7 Å². The molecule has 7 nitrogen and oxygen atoms in total. The summed E-state index contributed by atoms with van der Waals surface area (Å²) in [6.07, 6.45) is 1.36. The molecule has 0 unspecified atom stereocenters. The molecule has 0 bridgehead atoms. The number of amides is 3. The van der Waals surface area contributed by atoms with Crippen LogP contribution in [0.5, 0.6) is 0 Å². The summed E-state index contributed by atoms with van der Waals surface area (Å²) in [7, 11) is 0. The molecular formula is C17H33ClN4O3. The van der Waals surface area contributed by atoms with Crippen LogP contribution in [-0.2, 0) is 14.4 Å². The minimum atomic E-state index is -0.602. The van der Waals surface area contributed by atoms with Crippen molar-refractivity contribution >= 4 is 30.1 Å². The number of carbonyl (C=O) groups excluding carboxylic acids is 3. The van der Waals surface area contributed by atoms with E-state index in [0.717, 1.165) is 13.1 Å². The molecule has 1 saturated heterocycles. The molecule has 146 valence electrons. The summed E-state index contributed by atoms with van der Waals surface area (Å²) in [5.41, 5.74) is 5.75. The third-order valence-corrected chi connectivity index (χ3v) is 4.71. The molecule has 1 atom stereocenters. The highest BCUT2D eigenvalue weighted by atomic mass is 35.5. The minimum absolute atomic E-state index is 0. The van der Waals surface area contributed by atoms with E-state index in [1.165, 1.54) is 0 Å². The quantitative estimate of drug-likeness (QED) is 0.680. The van der Waals surface area contributed by atoms with Gasteiger partial charge in [0.05, 0.1) is 12.6 Å². The third-order valence-electron chi connectivity index (χ3n) is 4.71. The molecule has 0 saturated carbocycles. The molecular weight excluding hydrogens is 344 g/mol. The van der Waals surface area contributed by atoms with Gasteiger partial charge in [-0.1, -0.05) is 13.8 Å². The number of nitrogens with two attached hydrogens (primary N) is 1. The van der Waals surface area contributed by atoms with Crippen LogP contribution in [0, 0.1) is 11.8 Å². The molecule has 25 heavy (non-hydrogen) atoms. The van der Waals surface area contributed by atoms with E-state index < -0.39 is 6.04 Å². The number of piperidine rings is 1. The van der Waals surface area contributed by atoms with Crippen molar-refractivity contribution in [2.24, 2.45) is 17.6 Å². The van der Waals surface area contributed by atoms with Crippen molar-refractivity contribution in [1.82, 2.24) is 15.1 Å². The number of carbonyl (C=O) groups is 3. The lowest BCUT2D eigenvalue weighted by Crippen LogP contribution is -2.50. The fraction of sp³-hybridized carbons (Fsp3) is 0.824. The monoisotopic (exact) mass is 376 g/mol. The Morgan fingerprint density at radius 1 is 1.16 bits per heavy atom. The lowest BCUT2D eigenvalue weighted by molar-refractivity contribution is -0.140. The van der Waals surface area contributed by atoms with E-state index in [9.17, 15) is 14.4 Å². The molecule has 3 amide bonds. The second kappa shape index (κ2) is 11.3. The molecule has 1 heterocycles. The van der Waals surface area contributed by atoms with Crippen LogP contribution in [0.15, 0.2) is 0 Å². The van der Waals surface area contributed by atoms with Crippen molar-refractivity contribution in [1.29, 1.82) is 0 Å². The molecule has 8 heteroatoms. The van der Waals surface area contributed by atoms with Crippen LogP contribution in [0.3, 0.4) is 0 Å². The number of nitrogens with zero attached hydrogens (tertiary/aromatic N) is 2. The highest BCUT2D eigenvalue weighted by molar-refractivity contribution is 5.87. The summed E-state index contributed by atoms with van der Waals surface area (Å²) >= 11 is 0. The molecule has 0 aromatic carbocycles. The number of likely N-dealkylation sites (tertiary alicyclic amines) is 1. The molecule has 1 aliphatic rings. The molecule has 3 N–H and O–H groups in total. The van der Waals surface area contributed by atoms with Gasteiger partial charge in [0.1, 0.15) is 0 Å². The van der Waals surface area contributed by atoms with Gasteiger partial charge < -0.3 is 20.9 Å². The smallest absolute Gasteiger partial charge is 0.241 e. The summed E-state index contributed by atoms with van der Waals surface area (Å²) in [6, 6.07) is -0.602. The van der Waals surface area contributed by atoms with E-state index in [2.05, 4.69) is 5.32 Å². The van der Waals surface area contributed by atoms with Crippen LogP contribution < -0.4 is 11.1 Å². The number of rotatable bonds is 7. The van der Waals surface area contributed by atoms with Crippen LogP contribution in [0.1, 0.15) is 40.5 Å². The van der Waals surface area contributed by atoms with E-state index in [0.29, 0.717) is 25.9 Å². The fourth-order valence-corrected chi connectivity index (χ4v) is 2.86. The first-order chi connectivity index (χ1) is 11.3. The maximum Gasteiger partial charge on any atom is 0.241 e. The van der Waals surface area contributed by atoms with Crippen molar-refractivity contribution in [3.63, 3.8) is 0 Å². The minimum Gasteiger partial charge on any atom is -0.346 e. The van der Waals surface area contributed by atoms with E-state index >= 15 is 0 Å². The number of hydrogen-bond acceptors (Lipinski definition) is 4. The predicted octanol–water partition coefficient (Wildman–Crippen LogP) is 0.615. The largest absolute Gasteiger partial charge is 0.346 e. The van der Waals surface area contributed by atoms with Gasteiger partial charge in [-0.3, -0.25) is 14.4 Å². The molecule has 1 rings (SSSR count). The molecule has 0 spiro atoms. The van der Waals surface area contributed by atoms with Gasteiger partial charge in [-0.2, -0.15) is 0 Å². The second-order valence-corrected chi connectivity index (χ2v) is 6.65. The van der Waals surface area contributed by atoms with E-state index in [1.807, 2.05) is 32.6 Å². The van der Waals surface area contributed by atoms with Crippen LogP contribution in [-0.4, -0.2) is 66.3 Å². The standard InChI is InChI=1S/C17H32N4O3.ClH/c1-5-20(6-2)17(24)13-7-9-21(10-8-13)14(22)11-19-16(23)15(18)12(3)4;/h12-13,15H,5-11,18H2,1-4H3,(H,19,23);1H/t15-;/m0./s1. The lowest BCUT2D eigenvalue weighted by atomic mass is 9.95. The molecule has 0 aliphatic carbocycles. The van der Waals surface area contributed by atoms with Crippen molar-refractivity contribution in [2.45, 2.75) is 46.6 Å². The predicted molar refractivity (Wildman–Crippen MR) is 100 cm³/mol. The van der Waals surface area contributed by atoms with Gasteiger partial charge in [-0.15, -0.1) is 12.4 Å². The summed E-state index contributed by atoms with van der Waals surface area (Å²) < 4.78 is 0. The van der Waals surface area contributed by atoms with Crippen molar-refractivity contribution in [3.05, 3.63) is 0 Å². The van der Waals surface area contributed by atoms with Crippen molar-refractivity contribution in [3.8, 4) is 0 Å². The molecule has 0 aromatic heterocycles. The number of nitrogens with one attached hydrogen (secondary N) is 1. The van der Waals surface area contributed by atoms with Crippen LogP contribution in [0.4, 0.5) is 0 Å². The van der Waals surface area contributed by atoms with Crippen LogP contribution in [0.25, 0.3) is 0 Å². The SMILES string of the molecule is CCN(CC)C(=O)C1CCN(C(=O)CNC(=O)[C@@H](N)C(C)C)CC1.Cl. The highest BCUT2D eigenvalue weighted by Crippen LogP contribution is 2.19. The third kappa shape index (κ3) is 6.82. The first-order valence-corrected chi connectivity index (χ1v) is 8.91. The Labute approximate surface area is 157 Å². The summed E-state index contributed by atoms with van der Waals surface area (Å²) in [5, 5.41) is 2.60. The van der Waals surface area contributed by atoms with E-state index in [4.69, 9.17) is 5.73 Å². The Bertz CT molecular complexity index is 447. The summed E-state index contributed by atoms with van der Waals surface area (Å²) in [5.74, 6) is -0.207. The average Bonchev–Trinajstić information content (AvgIpc) is 2.59. The summed E-state index contributed by atoms with van der Waals surface area (Å²) in [6.45, 7) is 10.2. The zero-order valence-electron chi connectivity index (χ0n) is 15.8. The van der Waals surface area contributed by atoms with Gasteiger partial charge in [-0.25, -0.2) is 0 Å². The van der Waals surface area contributed by atoms with Crippen LogP contribution in [0.2, 0.25) is 0 Å². The van der Waals surface area contributed by atoms with Gasteiger partial charge in [0.15, 0.2) is 0 Å². The number of hydrogen-bond donors (Lipinski definition) is 2. The maximum atomic E-state index is 12.3. The summed E-state index contributed by atoms with van der Waals surface area (Å²) in [4.78, 5) is 39.9. The average molecular weight is 377 g/mol. The molecule has 1 aliphatic heterocycles. The second-order valence-electron chi connectivity index (χ2n) is 6.65. The zero-order chi connectivity index (χ0) is 18.3. The van der Waals surface area contributed by atoms with E-state index in [1.54, 1.807) is 4.90 Å². The van der Waals surface area contributed by atoms with Gasteiger partial charge in [-0.05, 0) is 32.6 Å². The molecule has 0 radical (unpaired) electrons. The Kier molecular flexibility index (Phi) is 10.7. The molecule has 1 fully saturated rings. The maximum absolute atomic E-state index is 12.3. The Morgan fingerprint density at radius 3 is 2.12 bits per heavy atom. The van der Waals surface area contributed by atoms with Crippen molar-refractivity contribution < 1.29 is 14.4 Å². The lowest BCUT2D eigenvalue weighted by Gasteiger charge is -2.33. The normalized spacial score (nSPS) is 16.2. The van der Waals surface area contributed by atoms with Crippen LogP contribution >= 0.6 is 12.4 Å². The Balaban J connectivity index is 0.00000576. The first-order valence-electron chi connectivity index (χ1n) is 8.91. The number of halogens is 1. The molecule has 0 aromatic rings. The van der Waals surface area contributed by atoms with Gasteiger partial charge in [0.25, 0.3) is 0 Å². The van der Waals surface area contributed by atoms with Gasteiger partial charge >= 0.3 is 0 Å². The topological polar surface area (TPSA) is 95.7 Å². The zero-order valence-corrected chi connectivity index (χ0v) is 16.6.